The van der Waals surface area contributed by atoms with E-state index in [-0.39, 0.29) is 49.9 Å². The molecule has 0 atom stereocenters. The molecule has 0 aliphatic rings. The van der Waals surface area contributed by atoms with Crippen molar-refractivity contribution in [1.82, 2.24) is 9.88 Å². The molecule has 0 fully saturated rings. The number of aromatic nitrogens is 1. The Bertz CT molecular complexity index is 1170. The quantitative estimate of drug-likeness (QED) is 0.282. The molecule has 7 nitrogen and oxygen atoms in total. The third-order valence-corrected chi connectivity index (χ3v) is 6.64. The second-order valence-corrected chi connectivity index (χ2v) is 9.20. The van der Waals surface area contributed by atoms with Crippen molar-refractivity contribution in [3.05, 3.63) is 81.3 Å². The Morgan fingerprint density at radius 1 is 0.943 bits per heavy atom. The van der Waals surface area contributed by atoms with Gasteiger partial charge in [-0.2, -0.15) is 0 Å². The maximum absolute atomic E-state index is 12.6. The lowest BCUT2D eigenvalue weighted by Gasteiger charge is -2.10. The minimum Gasteiger partial charge on any atom is -0.457 e. The van der Waals surface area contributed by atoms with Crippen LogP contribution in [-0.4, -0.2) is 41.2 Å². The van der Waals surface area contributed by atoms with E-state index in [9.17, 15) is 19.2 Å². The van der Waals surface area contributed by atoms with Crippen molar-refractivity contribution >= 4 is 34.8 Å². The number of esters is 1. The number of rotatable bonds is 13. The fraction of sp³-hybridized carbons (Fsp3) is 0.333. The Labute approximate surface area is 209 Å². The average Bonchev–Trinajstić information content (AvgIpc) is 3.49. The number of aryl methyl sites for hydroxylation is 2. The summed E-state index contributed by atoms with van der Waals surface area (Å²) in [5, 5.41) is 4.42. The zero-order valence-electron chi connectivity index (χ0n) is 20.0. The number of carbonyl (C=O) groups excluding carboxylic acids is 4. The number of hydrogen-bond donors (Lipinski definition) is 1. The summed E-state index contributed by atoms with van der Waals surface area (Å²) < 4.78 is 7.22. The van der Waals surface area contributed by atoms with Crippen molar-refractivity contribution in [2.45, 2.75) is 46.1 Å². The summed E-state index contributed by atoms with van der Waals surface area (Å²) in [5.41, 5.74) is 3.60. The number of benzene rings is 1. The molecule has 3 rings (SSSR count). The molecule has 0 unspecified atom stereocenters. The zero-order valence-corrected chi connectivity index (χ0v) is 20.9. The van der Waals surface area contributed by atoms with Crippen LogP contribution in [0.5, 0.6) is 0 Å². The van der Waals surface area contributed by atoms with Gasteiger partial charge in [0.05, 0.1) is 11.3 Å². The van der Waals surface area contributed by atoms with Crippen LogP contribution in [0.4, 0.5) is 0 Å². The van der Waals surface area contributed by atoms with Gasteiger partial charge in [-0.25, -0.2) is 0 Å². The summed E-state index contributed by atoms with van der Waals surface area (Å²) in [6.07, 6.45) is 0.987. The summed E-state index contributed by atoms with van der Waals surface area (Å²) in [4.78, 5) is 49.1. The van der Waals surface area contributed by atoms with Crippen molar-refractivity contribution in [2.24, 2.45) is 0 Å². The predicted molar refractivity (Wildman–Crippen MR) is 135 cm³/mol. The number of thiophene rings is 1. The van der Waals surface area contributed by atoms with Gasteiger partial charge in [0.1, 0.15) is 0 Å². The van der Waals surface area contributed by atoms with Gasteiger partial charge < -0.3 is 14.6 Å². The summed E-state index contributed by atoms with van der Waals surface area (Å²) >= 11 is 1.34. The lowest BCUT2D eigenvalue weighted by atomic mass is 10.1. The van der Waals surface area contributed by atoms with Gasteiger partial charge in [-0.3, -0.25) is 19.2 Å². The maximum Gasteiger partial charge on any atom is 0.308 e. The van der Waals surface area contributed by atoms with Crippen LogP contribution in [0.3, 0.4) is 0 Å². The molecule has 1 amide bonds. The van der Waals surface area contributed by atoms with E-state index in [2.05, 4.69) is 22.0 Å². The normalized spacial score (nSPS) is 10.7. The van der Waals surface area contributed by atoms with Crippen molar-refractivity contribution in [1.29, 1.82) is 0 Å². The lowest BCUT2D eigenvalue weighted by molar-refractivity contribution is -0.142. The van der Waals surface area contributed by atoms with Gasteiger partial charge in [0.25, 0.3) is 0 Å². The number of hydrogen-bond acceptors (Lipinski definition) is 6. The molecule has 1 N–H and O–H groups in total. The van der Waals surface area contributed by atoms with Gasteiger partial charge in [0.2, 0.25) is 11.7 Å². The van der Waals surface area contributed by atoms with Gasteiger partial charge in [-0.1, -0.05) is 36.4 Å². The van der Waals surface area contributed by atoms with E-state index in [1.165, 1.54) is 16.9 Å². The second-order valence-electron chi connectivity index (χ2n) is 8.26. The van der Waals surface area contributed by atoms with E-state index in [4.69, 9.17) is 4.74 Å². The van der Waals surface area contributed by atoms with Crippen molar-refractivity contribution in [2.75, 3.05) is 13.2 Å². The highest BCUT2D eigenvalue weighted by Crippen LogP contribution is 2.17. The molecule has 1 aromatic carbocycles. The molecule has 0 aliphatic carbocycles. The lowest BCUT2D eigenvalue weighted by Crippen LogP contribution is -2.27. The summed E-state index contributed by atoms with van der Waals surface area (Å²) in [5.74, 6) is -1.20. The summed E-state index contributed by atoms with van der Waals surface area (Å²) in [6, 6.07) is 15.5. The number of Topliss-reactive ketones (excluding diaryl/α,β-unsaturated/α-hetero) is 2. The molecule has 0 spiro atoms. The highest BCUT2D eigenvalue weighted by atomic mass is 32.1. The first-order valence-corrected chi connectivity index (χ1v) is 12.5. The number of carbonyl (C=O) groups is 4. The Balaban J connectivity index is 1.37. The van der Waals surface area contributed by atoms with Crippen LogP contribution in [-0.2, 0) is 27.3 Å². The van der Waals surface area contributed by atoms with E-state index < -0.39 is 5.97 Å². The standard InChI is InChI=1S/C27H30N2O5S/c1-19-17-22(20(2)29(19)15-13-21-7-4-3-5-8-21)24(31)18-34-27(33)12-14-28-26(32)11-10-23(30)25-9-6-16-35-25/h3-9,16-17H,10-15,18H2,1-2H3,(H,28,32). The molecule has 0 radical (unpaired) electrons. The van der Waals surface area contributed by atoms with E-state index >= 15 is 0 Å². The number of ether oxygens (including phenoxy) is 1. The molecule has 35 heavy (non-hydrogen) atoms. The molecule has 0 saturated heterocycles. The smallest absolute Gasteiger partial charge is 0.308 e. The monoisotopic (exact) mass is 494 g/mol. The first-order valence-electron chi connectivity index (χ1n) is 11.6. The first-order chi connectivity index (χ1) is 16.8. The van der Waals surface area contributed by atoms with Crippen molar-refractivity contribution in [3.63, 3.8) is 0 Å². The second kappa shape index (κ2) is 12.8. The highest BCUT2D eigenvalue weighted by molar-refractivity contribution is 7.12. The predicted octanol–water partition coefficient (Wildman–Crippen LogP) is 4.30. The molecular weight excluding hydrogens is 464 g/mol. The summed E-state index contributed by atoms with van der Waals surface area (Å²) in [7, 11) is 0. The van der Waals surface area contributed by atoms with Gasteiger partial charge in [0.15, 0.2) is 12.4 Å². The fourth-order valence-corrected chi connectivity index (χ4v) is 4.48. The topological polar surface area (TPSA) is 94.5 Å². The van der Waals surface area contributed by atoms with E-state index in [0.29, 0.717) is 10.4 Å². The van der Waals surface area contributed by atoms with Crippen LogP contribution >= 0.6 is 11.3 Å². The Morgan fingerprint density at radius 3 is 2.43 bits per heavy atom. The van der Waals surface area contributed by atoms with Crippen LogP contribution in [0.25, 0.3) is 0 Å². The zero-order chi connectivity index (χ0) is 25.2. The van der Waals surface area contributed by atoms with E-state index in [0.717, 1.165) is 24.4 Å². The molecule has 2 aromatic heterocycles. The van der Waals surface area contributed by atoms with Gasteiger partial charge in [-0.15, -0.1) is 11.3 Å². The molecule has 184 valence electrons. The third-order valence-electron chi connectivity index (χ3n) is 5.73. The Hall–Kier alpha value is -3.52. The number of amides is 1. The van der Waals surface area contributed by atoms with E-state index in [1.54, 1.807) is 12.1 Å². The van der Waals surface area contributed by atoms with Crippen molar-refractivity contribution in [3.8, 4) is 0 Å². The average molecular weight is 495 g/mol. The largest absolute Gasteiger partial charge is 0.457 e. The van der Waals surface area contributed by atoms with Crippen LogP contribution in [0.1, 0.15) is 56.2 Å². The Morgan fingerprint density at radius 2 is 1.71 bits per heavy atom. The minimum absolute atomic E-state index is 0.0476. The maximum atomic E-state index is 12.6. The number of nitrogens with one attached hydrogen (secondary N) is 1. The Kier molecular flexibility index (Phi) is 9.55. The SMILES string of the molecule is Cc1cc(C(=O)COC(=O)CCNC(=O)CCC(=O)c2cccs2)c(C)n1CCc1ccccc1. The number of ketones is 2. The molecule has 0 bridgehead atoms. The first kappa shape index (κ1) is 26.1. The van der Waals surface area contributed by atoms with Gasteiger partial charge in [-0.05, 0) is 43.3 Å². The van der Waals surface area contributed by atoms with E-state index in [1.807, 2.05) is 43.5 Å². The molecule has 8 heteroatoms. The van der Waals surface area contributed by atoms with Crippen LogP contribution < -0.4 is 5.32 Å². The third kappa shape index (κ3) is 7.75. The molecular formula is C27H30N2O5S. The van der Waals surface area contributed by atoms with Crippen LogP contribution in [0, 0.1) is 13.8 Å². The van der Waals surface area contributed by atoms with Gasteiger partial charge >= 0.3 is 5.97 Å². The van der Waals surface area contributed by atoms with Crippen LogP contribution in [0.15, 0.2) is 53.9 Å². The van der Waals surface area contributed by atoms with Crippen molar-refractivity contribution < 1.29 is 23.9 Å². The molecule has 0 saturated carbocycles. The van der Waals surface area contributed by atoms with Gasteiger partial charge in [0, 0.05) is 42.9 Å². The molecule has 2 heterocycles. The summed E-state index contributed by atoms with van der Waals surface area (Å²) in [6.45, 7) is 4.36. The highest BCUT2D eigenvalue weighted by Gasteiger charge is 2.17. The molecule has 0 aliphatic heterocycles. The fourth-order valence-electron chi connectivity index (χ4n) is 3.79. The number of nitrogens with zero attached hydrogens (tertiary/aromatic N) is 1. The minimum atomic E-state index is -0.564. The molecule has 3 aromatic rings. The van der Waals surface area contributed by atoms with Crippen LogP contribution in [0.2, 0.25) is 0 Å².